The van der Waals surface area contributed by atoms with Gasteiger partial charge in [-0.2, -0.15) is 0 Å². The van der Waals surface area contributed by atoms with E-state index in [1.165, 1.54) is 7.11 Å². The van der Waals surface area contributed by atoms with Crippen LogP contribution in [-0.4, -0.2) is 32.9 Å². The largest absolute Gasteiger partial charge is 0.469 e. The Hall–Kier alpha value is -1.39. The molecule has 1 aliphatic heterocycles. The SMILES string of the molecule is COC(=O)Cc1ccccc1C1COCCO1. The van der Waals surface area contributed by atoms with Crippen LogP contribution >= 0.6 is 0 Å². The van der Waals surface area contributed by atoms with E-state index in [2.05, 4.69) is 4.74 Å². The lowest BCUT2D eigenvalue weighted by Crippen LogP contribution is -2.23. The minimum atomic E-state index is -0.242. The van der Waals surface area contributed by atoms with Crippen LogP contribution in [0.3, 0.4) is 0 Å². The Labute approximate surface area is 100 Å². The van der Waals surface area contributed by atoms with Gasteiger partial charge in [0, 0.05) is 0 Å². The first-order valence-corrected chi connectivity index (χ1v) is 5.65. The average Bonchev–Trinajstić information content (AvgIpc) is 2.40. The summed E-state index contributed by atoms with van der Waals surface area (Å²) >= 11 is 0. The Morgan fingerprint density at radius 3 is 2.94 bits per heavy atom. The van der Waals surface area contributed by atoms with Gasteiger partial charge in [0.1, 0.15) is 6.10 Å². The molecule has 1 fully saturated rings. The molecular weight excluding hydrogens is 220 g/mol. The van der Waals surface area contributed by atoms with Gasteiger partial charge in [0.05, 0.1) is 33.4 Å². The van der Waals surface area contributed by atoms with Gasteiger partial charge in [-0.05, 0) is 11.1 Å². The molecule has 2 rings (SSSR count). The van der Waals surface area contributed by atoms with E-state index in [1.807, 2.05) is 24.3 Å². The second-order valence-electron chi connectivity index (χ2n) is 3.89. The lowest BCUT2D eigenvalue weighted by molar-refractivity contribution is -0.139. The molecule has 1 aliphatic rings. The fourth-order valence-corrected chi connectivity index (χ4v) is 1.90. The zero-order valence-corrected chi connectivity index (χ0v) is 9.85. The predicted molar refractivity (Wildman–Crippen MR) is 61.7 cm³/mol. The fourth-order valence-electron chi connectivity index (χ4n) is 1.90. The summed E-state index contributed by atoms with van der Waals surface area (Å²) < 4.78 is 15.7. The van der Waals surface area contributed by atoms with E-state index in [1.54, 1.807) is 0 Å². The minimum absolute atomic E-state index is 0.0791. The van der Waals surface area contributed by atoms with Gasteiger partial charge in [0.2, 0.25) is 0 Å². The quantitative estimate of drug-likeness (QED) is 0.746. The smallest absolute Gasteiger partial charge is 0.309 e. The number of esters is 1. The van der Waals surface area contributed by atoms with Crippen LogP contribution < -0.4 is 0 Å². The molecule has 1 aromatic carbocycles. The van der Waals surface area contributed by atoms with Gasteiger partial charge in [-0.1, -0.05) is 24.3 Å². The number of carbonyl (C=O) groups is 1. The highest BCUT2D eigenvalue weighted by Gasteiger charge is 2.20. The molecule has 92 valence electrons. The standard InChI is InChI=1S/C13H16O4/c1-15-13(14)8-10-4-2-3-5-11(10)12-9-16-6-7-17-12/h2-5,12H,6-9H2,1H3. The monoisotopic (exact) mass is 236 g/mol. The van der Waals surface area contributed by atoms with Gasteiger partial charge in [-0.15, -0.1) is 0 Å². The lowest BCUT2D eigenvalue weighted by Gasteiger charge is -2.25. The molecule has 0 amide bonds. The number of benzene rings is 1. The number of hydrogen-bond acceptors (Lipinski definition) is 4. The molecule has 0 aromatic heterocycles. The van der Waals surface area contributed by atoms with Crippen molar-refractivity contribution < 1.29 is 19.0 Å². The van der Waals surface area contributed by atoms with E-state index in [4.69, 9.17) is 9.47 Å². The van der Waals surface area contributed by atoms with Crippen molar-refractivity contribution in [2.45, 2.75) is 12.5 Å². The van der Waals surface area contributed by atoms with Crippen molar-refractivity contribution in [1.82, 2.24) is 0 Å². The van der Waals surface area contributed by atoms with Crippen LogP contribution in [0.2, 0.25) is 0 Å². The van der Waals surface area contributed by atoms with Crippen molar-refractivity contribution >= 4 is 5.97 Å². The van der Waals surface area contributed by atoms with Crippen molar-refractivity contribution in [3.63, 3.8) is 0 Å². The highest BCUT2D eigenvalue weighted by molar-refractivity contribution is 5.72. The highest BCUT2D eigenvalue weighted by atomic mass is 16.6. The number of methoxy groups -OCH3 is 1. The van der Waals surface area contributed by atoms with Crippen LogP contribution in [0.25, 0.3) is 0 Å². The highest BCUT2D eigenvalue weighted by Crippen LogP contribution is 2.24. The van der Waals surface area contributed by atoms with Gasteiger partial charge < -0.3 is 14.2 Å². The van der Waals surface area contributed by atoms with Gasteiger partial charge in [0.25, 0.3) is 0 Å². The predicted octanol–water partition coefficient (Wildman–Crippen LogP) is 1.49. The van der Waals surface area contributed by atoms with E-state index >= 15 is 0 Å². The van der Waals surface area contributed by atoms with Gasteiger partial charge in [-0.25, -0.2) is 0 Å². The molecule has 0 bridgehead atoms. The summed E-state index contributed by atoms with van der Waals surface area (Å²) in [6.07, 6.45) is 0.191. The number of rotatable bonds is 3. The van der Waals surface area contributed by atoms with Crippen LogP contribution in [0.15, 0.2) is 24.3 Å². The second kappa shape index (κ2) is 5.80. The first kappa shape index (κ1) is 12.1. The maximum Gasteiger partial charge on any atom is 0.309 e. The molecule has 0 radical (unpaired) electrons. The van der Waals surface area contributed by atoms with Crippen molar-refractivity contribution in [3.8, 4) is 0 Å². The van der Waals surface area contributed by atoms with Gasteiger partial charge >= 0.3 is 5.97 Å². The van der Waals surface area contributed by atoms with E-state index < -0.39 is 0 Å². The van der Waals surface area contributed by atoms with E-state index in [-0.39, 0.29) is 18.5 Å². The van der Waals surface area contributed by atoms with E-state index in [9.17, 15) is 4.79 Å². The van der Waals surface area contributed by atoms with Crippen LogP contribution in [0.4, 0.5) is 0 Å². The molecule has 1 unspecified atom stereocenters. The maximum atomic E-state index is 11.3. The van der Waals surface area contributed by atoms with Crippen molar-refractivity contribution in [3.05, 3.63) is 35.4 Å². The van der Waals surface area contributed by atoms with Gasteiger partial charge in [0.15, 0.2) is 0 Å². The summed E-state index contributed by atoms with van der Waals surface area (Å²) in [6, 6.07) is 7.74. The summed E-state index contributed by atoms with van der Waals surface area (Å²) in [6.45, 7) is 1.77. The molecular formula is C13H16O4. The zero-order valence-electron chi connectivity index (χ0n) is 9.85. The van der Waals surface area contributed by atoms with E-state index in [0.717, 1.165) is 11.1 Å². The molecule has 1 saturated heterocycles. The minimum Gasteiger partial charge on any atom is -0.469 e. The van der Waals surface area contributed by atoms with Crippen molar-refractivity contribution in [1.29, 1.82) is 0 Å². The van der Waals surface area contributed by atoms with Crippen LogP contribution in [0.5, 0.6) is 0 Å². The molecule has 1 atom stereocenters. The number of carbonyl (C=O) groups excluding carboxylic acids is 1. The average molecular weight is 236 g/mol. The third-order valence-electron chi connectivity index (χ3n) is 2.78. The molecule has 1 aromatic rings. The lowest BCUT2D eigenvalue weighted by atomic mass is 10.00. The van der Waals surface area contributed by atoms with Crippen molar-refractivity contribution in [2.75, 3.05) is 26.9 Å². The van der Waals surface area contributed by atoms with Gasteiger partial charge in [-0.3, -0.25) is 4.79 Å². The summed E-state index contributed by atoms with van der Waals surface area (Å²) in [5.74, 6) is -0.242. The Balaban J connectivity index is 2.17. The van der Waals surface area contributed by atoms with Crippen LogP contribution in [-0.2, 0) is 25.4 Å². The second-order valence-corrected chi connectivity index (χ2v) is 3.89. The first-order chi connectivity index (χ1) is 8.31. The topological polar surface area (TPSA) is 44.8 Å². The summed E-state index contributed by atoms with van der Waals surface area (Å²) in [5, 5.41) is 0. The third-order valence-corrected chi connectivity index (χ3v) is 2.78. The van der Waals surface area contributed by atoms with E-state index in [0.29, 0.717) is 19.8 Å². The zero-order chi connectivity index (χ0) is 12.1. The Morgan fingerprint density at radius 1 is 1.41 bits per heavy atom. The Kier molecular flexibility index (Phi) is 4.12. The summed E-state index contributed by atoms with van der Waals surface area (Å²) in [5.41, 5.74) is 1.95. The Morgan fingerprint density at radius 2 is 2.24 bits per heavy atom. The molecule has 0 N–H and O–H groups in total. The summed E-state index contributed by atoms with van der Waals surface area (Å²) in [7, 11) is 1.39. The molecule has 0 aliphatic carbocycles. The normalized spacial score (nSPS) is 19.9. The molecule has 4 heteroatoms. The molecule has 0 spiro atoms. The number of ether oxygens (including phenoxy) is 3. The fraction of sp³-hybridized carbons (Fsp3) is 0.462. The Bertz CT molecular complexity index is 383. The third kappa shape index (κ3) is 3.05. The summed E-state index contributed by atoms with van der Waals surface area (Å²) in [4.78, 5) is 11.3. The molecule has 0 saturated carbocycles. The number of hydrogen-bond donors (Lipinski definition) is 0. The molecule has 1 heterocycles. The first-order valence-electron chi connectivity index (χ1n) is 5.65. The van der Waals surface area contributed by atoms with Crippen LogP contribution in [0, 0.1) is 0 Å². The molecule has 4 nitrogen and oxygen atoms in total. The molecule has 17 heavy (non-hydrogen) atoms. The maximum absolute atomic E-state index is 11.3. The van der Waals surface area contributed by atoms with Crippen molar-refractivity contribution in [2.24, 2.45) is 0 Å². The van der Waals surface area contributed by atoms with Crippen LogP contribution in [0.1, 0.15) is 17.2 Å².